The summed E-state index contributed by atoms with van der Waals surface area (Å²) in [5.74, 6) is -0.427. The summed E-state index contributed by atoms with van der Waals surface area (Å²) in [5, 5.41) is 8.84. The van der Waals surface area contributed by atoms with Crippen LogP contribution in [0.15, 0.2) is 41.1 Å². The van der Waals surface area contributed by atoms with Crippen LogP contribution in [-0.4, -0.2) is 28.0 Å². The van der Waals surface area contributed by atoms with Crippen molar-refractivity contribution < 1.29 is 14.3 Å². The van der Waals surface area contributed by atoms with Crippen LogP contribution in [0.1, 0.15) is 34.8 Å². The molecule has 1 unspecified atom stereocenters. The van der Waals surface area contributed by atoms with Crippen LogP contribution in [-0.2, 0) is 6.54 Å². The first kappa shape index (κ1) is 13.3. The molecule has 0 bridgehead atoms. The van der Waals surface area contributed by atoms with E-state index in [0.717, 1.165) is 12.1 Å². The molecule has 2 aromatic rings. The zero-order valence-electron chi connectivity index (χ0n) is 10.9. The molecule has 0 saturated carbocycles. The minimum Gasteiger partial charge on any atom is -0.475 e. The summed E-state index contributed by atoms with van der Waals surface area (Å²) in [6.07, 6.45) is 3.51. The van der Waals surface area contributed by atoms with Gasteiger partial charge in [-0.2, -0.15) is 0 Å². The Morgan fingerprint density at radius 3 is 2.63 bits per heavy atom. The molecule has 0 saturated heterocycles. The highest BCUT2D eigenvalue weighted by Crippen LogP contribution is 2.22. The molecule has 0 spiro atoms. The second-order valence-corrected chi connectivity index (χ2v) is 4.45. The Bertz CT molecular complexity index is 551. The molecule has 2 heterocycles. The van der Waals surface area contributed by atoms with Crippen LogP contribution >= 0.6 is 0 Å². The van der Waals surface area contributed by atoms with E-state index >= 15 is 0 Å². The fourth-order valence-electron chi connectivity index (χ4n) is 1.82. The maximum Gasteiger partial charge on any atom is 0.371 e. The predicted molar refractivity (Wildman–Crippen MR) is 69.8 cm³/mol. The first-order chi connectivity index (χ1) is 9.08. The summed E-state index contributed by atoms with van der Waals surface area (Å²) in [6, 6.07) is 7.09. The molecule has 100 valence electrons. The van der Waals surface area contributed by atoms with E-state index in [1.54, 1.807) is 18.5 Å². The standard InChI is InChI=1S/C14H16N2O3/c1-10(12-3-4-13(19-12)14(17)18)16(2)9-11-5-7-15-8-6-11/h3-8,10H,9H2,1-2H3,(H,17,18). The third kappa shape index (κ3) is 3.20. The number of rotatable bonds is 5. The van der Waals surface area contributed by atoms with Gasteiger partial charge in [0, 0.05) is 18.9 Å². The lowest BCUT2D eigenvalue weighted by Gasteiger charge is -2.22. The van der Waals surface area contributed by atoms with E-state index in [9.17, 15) is 4.79 Å². The van der Waals surface area contributed by atoms with Crippen molar-refractivity contribution in [3.05, 3.63) is 53.7 Å². The van der Waals surface area contributed by atoms with Crippen LogP contribution in [0.4, 0.5) is 0 Å². The maximum absolute atomic E-state index is 10.8. The van der Waals surface area contributed by atoms with Crippen LogP contribution in [0.5, 0.6) is 0 Å². The van der Waals surface area contributed by atoms with Gasteiger partial charge in [0.05, 0.1) is 6.04 Å². The van der Waals surface area contributed by atoms with Crippen molar-refractivity contribution in [2.45, 2.75) is 19.5 Å². The van der Waals surface area contributed by atoms with Gasteiger partial charge in [-0.25, -0.2) is 4.79 Å². The molecule has 0 aliphatic heterocycles. The zero-order valence-corrected chi connectivity index (χ0v) is 10.9. The number of pyridine rings is 1. The molecule has 2 aromatic heterocycles. The fourth-order valence-corrected chi connectivity index (χ4v) is 1.82. The van der Waals surface area contributed by atoms with E-state index in [2.05, 4.69) is 9.88 Å². The molecule has 1 atom stereocenters. The highest BCUT2D eigenvalue weighted by Gasteiger charge is 2.17. The molecule has 2 rings (SSSR count). The van der Waals surface area contributed by atoms with Crippen LogP contribution in [0.25, 0.3) is 0 Å². The Hall–Kier alpha value is -2.14. The second-order valence-electron chi connectivity index (χ2n) is 4.45. The number of hydrogen-bond acceptors (Lipinski definition) is 4. The largest absolute Gasteiger partial charge is 0.475 e. The Balaban J connectivity index is 2.06. The normalized spacial score (nSPS) is 12.6. The minimum atomic E-state index is -1.05. The molecule has 0 aliphatic rings. The minimum absolute atomic E-state index is 0.00117. The first-order valence-electron chi connectivity index (χ1n) is 6.00. The van der Waals surface area contributed by atoms with Crippen molar-refractivity contribution in [3.8, 4) is 0 Å². The Morgan fingerprint density at radius 1 is 1.37 bits per heavy atom. The fraction of sp³-hybridized carbons (Fsp3) is 0.286. The molecule has 19 heavy (non-hydrogen) atoms. The number of carboxylic acid groups (broad SMARTS) is 1. The van der Waals surface area contributed by atoms with Gasteiger partial charge in [-0.1, -0.05) is 0 Å². The van der Waals surface area contributed by atoms with Crippen molar-refractivity contribution in [1.82, 2.24) is 9.88 Å². The Kier molecular flexibility index (Phi) is 3.97. The van der Waals surface area contributed by atoms with Crippen LogP contribution in [0, 0.1) is 0 Å². The van der Waals surface area contributed by atoms with Gasteiger partial charge < -0.3 is 9.52 Å². The van der Waals surface area contributed by atoms with Crippen LogP contribution < -0.4 is 0 Å². The van der Waals surface area contributed by atoms with E-state index in [-0.39, 0.29) is 11.8 Å². The van der Waals surface area contributed by atoms with Gasteiger partial charge in [-0.3, -0.25) is 9.88 Å². The van der Waals surface area contributed by atoms with E-state index in [1.165, 1.54) is 6.07 Å². The number of nitrogens with zero attached hydrogens (tertiary/aromatic N) is 2. The molecule has 5 nitrogen and oxygen atoms in total. The van der Waals surface area contributed by atoms with E-state index in [4.69, 9.17) is 9.52 Å². The summed E-state index contributed by atoms with van der Waals surface area (Å²) < 4.78 is 5.31. The van der Waals surface area contributed by atoms with Gasteiger partial charge in [0.1, 0.15) is 5.76 Å². The topological polar surface area (TPSA) is 66.6 Å². The average molecular weight is 260 g/mol. The number of aromatic carboxylic acids is 1. The number of carbonyl (C=O) groups is 1. The molecule has 1 N–H and O–H groups in total. The van der Waals surface area contributed by atoms with Gasteiger partial charge in [0.15, 0.2) is 0 Å². The highest BCUT2D eigenvalue weighted by atomic mass is 16.4. The van der Waals surface area contributed by atoms with Gasteiger partial charge in [-0.05, 0) is 43.8 Å². The van der Waals surface area contributed by atoms with Crippen molar-refractivity contribution in [2.24, 2.45) is 0 Å². The summed E-state index contributed by atoms with van der Waals surface area (Å²) in [4.78, 5) is 16.8. The second kappa shape index (κ2) is 5.67. The van der Waals surface area contributed by atoms with E-state index < -0.39 is 5.97 Å². The number of furan rings is 1. The number of aromatic nitrogens is 1. The monoisotopic (exact) mass is 260 g/mol. The third-order valence-electron chi connectivity index (χ3n) is 3.09. The molecule has 0 aliphatic carbocycles. The lowest BCUT2D eigenvalue weighted by atomic mass is 10.2. The summed E-state index contributed by atoms with van der Waals surface area (Å²) in [5.41, 5.74) is 1.15. The van der Waals surface area contributed by atoms with Crippen molar-refractivity contribution in [1.29, 1.82) is 0 Å². The third-order valence-corrected chi connectivity index (χ3v) is 3.09. The molecule has 0 aromatic carbocycles. The molecular weight excluding hydrogens is 244 g/mol. The van der Waals surface area contributed by atoms with Gasteiger partial charge in [0.2, 0.25) is 5.76 Å². The summed E-state index contributed by atoms with van der Waals surface area (Å²) in [7, 11) is 1.97. The van der Waals surface area contributed by atoms with E-state index in [0.29, 0.717) is 5.76 Å². The van der Waals surface area contributed by atoms with Crippen molar-refractivity contribution >= 4 is 5.97 Å². The van der Waals surface area contributed by atoms with Gasteiger partial charge in [-0.15, -0.1) is 0 Å². The van der Waals surface area contributed by atoms with Gasteiger partial charge >= 0.3 is 5.97 Å². The summed E-state index contributed by atoms with van der Waals surface area (Å²) in [6.45, 7) is 2.72. The van der Waals surface area contributed by atoms with Crippen molar-refractivity contribution in [2.75, 3.05) is 7.05 Å². The number of carboxylic acids is 1. The molecular formula is C14H16N2O3. The lowest BCUT2D eigenvalue weighted by molar-refractivity contribution is 0.0656. The molecule has 0 fully saturated rings. The van der Waals surface area contributed by atoms with Gasteiger partial charge in [0.25, 0.3) is 0 Å². The highest BCUT2D eigenvalue weighted by molar-refractivity contribution is 5.84. The smallest absolute Gasteiger partial charge is 0.371 e. The first-order valence-corrected chi connectivity index (χ1v) is 6.00. The predicted octanol–water partition coefficient (Wildman–Crippen LogP) is 2.57. The molecule has 0 radical (unpaired) electrons. The average Bonchev–Trinajstić information content (AvgIpc) is 2.88. The lowest BCUT2D eigenvalue weighted by Crippen LogP contribution is -2.21. The maximum atomic E-state index is 10.8. The van der Waals surface area contributed by atoms with Crippen LogP contribution in [0.2, 0.25) is 0 Å². The molecule has 5 heteroatoms. The van der Waals surface area contributed by atoms with Crippen molar-refractivity contribution in [3.63, 3.8) is 0 Å². The number of hydrogen-bond donors (Lipinski definition) is 1. The SMILES string of the molecule is CC(c1ccc(C(=O)O)o1)N(C)Cc1ccncc1. The van der Waals surface area contributed by atoms with E-state index in [1.807, 2.05) is 26.1 Å². The zero-order chi connectivity index (χ0) is 13.8. The quantitative estimate of drug-likeness (QED) is 0.895. The Morgan fingerprint density at radius 2 is 2.05 bits per heavy atom. The summed E-state index contributed by atoms with van der Waals surface area (Å²) >= 11 is 0. The van der Waals surface area contributed by atoms with Crippen LogP contribution in [0.3, 0.4) is 0 Å². The molecule has 0 amide bonds. The Labute approximate surface area is 111 Å².